The largest absolute Gasteiger partial charge is 0.330 e. The molecular formula is C13H17N3O2S. The zero-order valence-electron chi connectivity index (χ0n) is 10.8. The van der Waals surface area contributed by atoms with Gasteiger partial charge in [-0.25, -0.2) is 8.42 Å². The van der Waals surface area contributed by atoms with Crippen LogP contribution in [0.3, 0.4) is 0 Å². The fourth-order valence-electron chi connectivity index (χ4n) is 2.28. The van der Waals surface area contributed by atoms with E-state index >= 15 is 0 Å². The van der Waals surface area contributed by atoms with Crippen LogP contribution in [0, 0.1) is 24.2 Å². The second kappa shape index (κ2) is 5.29. The topological polar surface area (TPSA) is 87.2 Å². The van der Waals surface area contributed by atoms with Crippen LogP contribution in [0.4, 0.5) is 0 Å². The molecule has 2 N–H and O–H groups in total. The Balaban J connectivity index is 2.31. The molecule has 0 aromatic heterocycles. The smallest absolute Gasteiger partial charge is 0.243 e. The van der Waals surface area contributed by atoms with Crippen molar-refractivity contribution in [3.8, 4) is 6.07 Å². The number of hydrogen-bond acceptors (Lipinski definition) is 4. The van der Waals surface area contributed by atoms with E-state index in [1.165, 1.54) is 10.4 Å². The molecule has 1 aromatic carbocycles. The SMILES string of the molecule is Cc1cc(S(=O)(=O)N2CCC(CN)C2)ccc1C#N. The third kappa shape index (κ3) is 2.63. The summed E-state index contributed by atoms with van der Waals surface area (Å²) in [6.07, 6.45) is 0.811. The Morgan fingerprint density at radius 3 is 2.79 bits per heavy atom. The van der Waals surface area contributed by atoms with Gasteiger partial charge in [0.2, 0.25) is 10.0 Å². The molecular weight excluding hydrogens is 262 g/mol. The highest BCUT2D eigenvalue weighted by Gasteiger charge is 2.31. The first-order valence-corrected chi connectivity index (χ1v) is 7.64. The third-order valence-corrected chi connectivity index (χ3v) is 5.40. The molecule has 6 heteroatoms. The van der Waals surface area contributed by atoms with E-state index in [4.69, 9.17) is 11.0 Å². The maximum Gasteiger partial charge on any atom is 0.243 e. The number of benzene rings is 1. The van der Waals surface area contributed by atoms with Crippen molar-refractivity contribution in [1.82, 2.24) is 4.31 Å². The molecule has 1 aliphatic heterocycles. The van der Waals surface area contributed by atoms with Crippen LogP contribution < -0.4 is 5.73 Å². The van der Waals surface area contributed by atoms with Gasteiger partial charge in [0.25, 0.3) is 0 Å². The van der Waals surface area contributed by atoms with Gasteiger partial charge in [-0.15, -0.1) is 0 Å². The minimum atomic E-state index is -3.46. The van der Waals surface area contributed by atoms with Crippen molar-refractivity contribution < 1.29 is 8.42 Å². The lowest BCUT2D eigenvalue weighted by Gasteiger charge is -2.16. The summed E-state index contributed by atoms with van der Waals surface area (Å²) >= 11 is 0. The quantitative estimate of drug-likeness (QED) is 0.888. The molecule has 1 saturated heterocycles. The Labute approximate surface area is 113 Å². The van der Waals surface area contributed by atoms with Crippen molar-refractivity contribution in [1.29, 1.82) is 5.26 Å². The zero-order chi connectivity index (χ0) is 14.0. The van der Waals surface area contributed by atoms with Crippen LogP contribution in [0.15, 0.2) is 23.1 Å². The number of rotatable bonds is 3. The van der Waals surface area contributed by atoms with Crippen LogP contribution in [-0.4, -0.2) is 32.4 Å². The maximum atomic E-state index is 12.4. The monoisotopic (exact) mass is 279 g/mol. The normalized spacial score (nSPS) is 20.4. The van der Waals surface area contributed by atoms with Crippen molar-refractivity contribution in [2.45, 2.75) is 18.2 Å². The molecule has 19 heavy (non-hydrogen) atoms. The Kier molecular flexibility index (Phi) is 3.90. The average molecular weight is 279 g/mol. The summed E-state index contributed by atoms with van der Waals surface area (Å²) in [5.74, 6) is 0.245. The van der Waals surface area contributed by atoms with Gasteiger partial charge in [-0.3, -0.25) is 0 Å². The fourth-order valence-corrected chi connectivity index (χ4v) is 3.90. The van der Waals surface area contributed by atoms with E-state index in [0.717, 1.165) is 6.42 Å². The molecule has 1 heterocycles. The van der Waals surface area contributed by atoms with Crippen molar-refractivity contribution >= 4 is 10.0 Å². The van der Waals surface area contributed by atoms with Gasteiger partial charge >= 0.3 is 0 Å². The Bertz CT molecular complexity index is 619. The van der Waals surface area contributed by atoms with Crippen LogP contribution in [0.1, 0.15) is 17.5 Å². The summed E-state index contributed by atoms with van der Waals surface area (Å²) in [7, 11) is -3.46. The van der Waals surface area contributed by atoms with Gasteiger partial charge in [0.1, 0.15) is 0 Å². The lowest BCUT2D eigenvalue weighted by molar-refractivity contribution is 0.459. The summed E-state index contributed by atoms with van der Waals surface area (Å²) in [5.41, 5.74) is 6.76. The van der Waals surface area contributed by atoms with E-state index in [0.29, 0.717) is 30.8 Å². The molecule has 0 bridgehead atoms. The van der Waals surface area contributed by atoms with E-state index in [2.05, 4.69) is 0 Å². The zero-order valence-corrected chi connectivity index (χ0v) is 11.7. The number of hydrogen-bond donors (Lipinski definition) is 1. The number of aryl methyl sites for hydroxylation is 1. The Hall–Kier alpha value is -1.42. The van der Waals surface area contributed by atoms with Gasteiger partial charge in [0.05, 0.1) is 16.5 Å². The molecule has 0 spiro atoms. The summed E-state index contributed by atoms with van der Waals surface area (Å²) < 4.78 is 26.4. The number of nitrogens with two attached hydrogens (primary N) is 1. The highest BCUT2D eigenvalue weighted by atomic mass is 32.2. The minimum absolute atomic E-state index is 0.245. The number of sulfonamides is 1. The molecule has 0 amide bonds. The second-order valence-corrected chi connectivity index (χ2v) is 6.78. The van der Waals surface area contributed by atoms with E-state index in [1.807, 2.05) is 6.07 Å². The summed E-state index contributed by atoms with van der Waals surface area (Å²) in [5, 5.41) is 8.87. The van der Waals surface area contributed by atoms with E-state index in [-0.39, 0.29) is 10.8 Å². The first-order valence-electron chi connectivity index (χ1n) is 6.20. The highest BCUT2D eigenvalue weighted by molar-refractivity contribution is 7.89. The predicted octanol–water partition coefficient (Wildman–Crippen LogP) is 0.836. The fraction of sp³-hybridized carbons (Fsp3) is 0.462. The first kappa shape index (κ1) is 14.0. The maximum absolute atomic E-state index is 12.4. The van der Waals surface area contributed by atoms with E-state index < -0.39 is 10.0 Å². The van der Waals surface area contributed by atoms with Crippen molar-refractivity contribution in [3.63, 3.8) is 0 Å². The molecule has 5 nitrogen and oxygen atoms in total. The van der Waals surface area contributed by atoms with Crippen LogP contribution >= 0.6 is 0 Å². The van der Waals surface area contributed by atoms with Gasteiger partial charge < -0.3 is 5.73 Å². The van der Waals surface area contributed by atoms with Crippen LogP contribution in [0.5, 0.6) is 0 Å². The summed E-state index contributed by atoms with van der Waals surface area (Å²) in [6.45, 7) is 3.25. The predicted molar refractivity (Wildman–Crippen MR) is 71.8 cm³/mol. The molecule has 1 fully saturated rings. The molecule has 2 rings (SSSR count). The van der Waals surface area contributed by atoms with Crippen LogP contribution in [0.2, 0.25) is 0 Å². The van der Waals surface area contributed by atoms with Crippen molar-refractivity contribution in [2.75, 3.05) is 19.6 Å². The minimum Gasteiger partial charge on any atom is -0.330 e. The van der Waals surface area contributed by atoms with Gasteiger partial charge in [-0.1, -0.05) is 0 Å². The average Bonchev–Trinajstić information content (AvgIpc) is 2.88. The molecule has 0 aliphatic carbocycles. The third-order valence-electron chi connectivity index (χ3n) is 3.54. The molecule has 0 saturated carbocycles. The highest BCUT2D eigenvalue weighted by Crippen LogP contribution is 2.25. The van der Waals surface area contributed by atoms with Gasteiger partial charge in [-0.05, 0) is 49.6 Å². The van der Waals surface area contributed by atoms with Crippen LogP contribution in [0.25, 0.3) is 0 Å². The van der Waals surface area contributed by atoms with Crippen LogP contribution in [-0.2, 0) is 10.0 Å². The van der Waals surface area contributed by atoms with Gasteiger partial charge in [0.15, 0.2) is 0 Å². The van der Waals surface area contributed by atoms with E-state index in [9.17, 15) is 8.42 Å². The molecule has 1 atom stereocenters. The Morgan fingerprint density at radius 1 is 1.53 bits per heavy atom. The number of nitriles is 1. The Morgan fingerprint density at radius 2 is 2.26 bits per heavy atom. The first-order chi connectivity index (χ1) is 8.98. The second-order valence-electron chi connectivity index (χ2n) is 4.84. The van der Waals surface area contributed by atoms with Gasteiger partial charge in [-0.2, -0.15) is 9.57 Å². The summed E-state index contributed by atoms with van der Waals surface area (Å²) in [6, 6.07) is 6.64. The molecule has 1 aliphatic rings. The van der Waals surface area contributed by atoms with E-state index in [1.54, 1.807) is 19.1 Å². The standard InChI is InChI=1S/C13H17N3O2S/c1-10-6-13(3-2-12(10)8-15)19(17,18)16-5-4-11(7-14)9-16/h2-3,6,11H,4-5,7,9,14H2,1H3. The summed E-state index contributed by atoms with van der Waals surface area (Å²) in [4.78, 5) is 0.252. The lowest BCUT2D eigenvalue weighted by atomic mass is 10.1. The van der Waals surface area contributed by atoms with Gasteiger partial charge in [0, 0.05) is 13.1 Å². The molecule has 0 radical (unpaired) electrons. The number of nitrogens with zero attached hydrogens (tertiary/aromatic N) is 2. The molecule has 102 valence electrons. The molecule has 1 unspecified atom stereocenters. The lowest BCUT2D eigenvalue weighted by Crippen LogP contribution is -2.30. The molecule has 1 aromatic rings. The van der Waals surface area contributed by atoms with Crippen molar-refractivity contribution in [2.24, 2.45) is 11.7 Å². The van der Waals surface area contributed by atoms with Crippen molar-refractivity contribution in [3.05, 3.63) is 29.3 Å².